The van der Waals surface area contributed by atoms with Crippen molar-refractivity contribution in [2.75, 3.05) is 18.5 Å². The highest BCUT2D eigenvalue weighted by Gasteiger charge is 2.48. The fourth-order valence-corrected chi connectivity index (χ4v) is 4.48. The second-order valence-electron chi connectivity index (χ2n) is 7.49. The van der Waals surface area contributed by atoms with E-state index in [9.17, 15) is 15.0 Å². The summed E-state index contributed by atoms with van der Waals surface area (Å²) >= 11 is 12.3. The molecule has 1 aliphatic carbocycles. The van der Waals surface area contributed by atoms with Crippen LogP contribution in [0.15, 0.2) is 36.9 Å². The summed E-state index contributed by atoms with van der Waals surface area (Å²) in [6, 6.07) is 3.11. The topological polar surface area (TPSA) is 143 Å². The second kappa shape index (κ2) is 7.78. The average Bonchev–Trinajstić information content (AvgIpc) is 3.50. The lowest BCUT2D eigenvalue weighted by molar-refractivity contribution is -0.117. The minimum Gasteiger partial charge on any atom is -0.395 e. The van der Waals surface area contributed by atoms with Gasteiger partial charge in [-0.2, -0.15) is 15.3 Å². The molecule has 0 saturated carbocycles. The third-order valence-electron chi connectivity index (χ3n) is 5.57. The van der Waals surface area contributed by atoms with Crippen LogP contribution in [-0.4, -0.2) is 63.9 Å². The van der Waals surface area contributed by atoms with E-state index in [4.69, 9.17) is 23.2 Å². The van der Waals surface area contributed by atoms with E-state index >= 15 is 0 Å². The van der Waals surface area contributed by atoms with Gasteiger partial charge in [-0.1, -0.05) is 23.2 Å². The van der Waals surface area contributed by atoms with Crippen LogP contribution in [0.5, 0.6) is 0 Å². The van der Waals surface area contributed by atoms with Crippen LogP contribution in [0, 0.1) is 0 Å². The molecule has 1 unspecified atom stereocenters. The Balaban J connectivity index is 1.49. The van der Waals surface area contributed by atoms with Crippen LogP contribution in [0.4, 0.5) is 5.69 Å². The van der Waals surface area contributed by atoms with Crippen molar-refractivity contribution in [3.05, 3.63) is 58.4 Å². The van der Waals surface area contributed by atoms with Gasteiger partial charge in [-0.15, -0.1) is 4.80 Å². The summed E-state index contributed by atoms with van der Waals surface area (Å²) in [4.78, 5) is 23.0. The summed E-state index contributed by atoms with van der Waals surface area (Å²) in [6.07, 6.45) is 6.15. The molecule has 3 N–H and O–H groups in total. The standard InChI is InChI=1S/C19H16Cl2N8O3/c20-13-3-10(6-23-17(13)29-24-1-2-25-29)26-18(32)11-5-19(8-30,9-31)16-12(11)7-22-15-4-14(21)27-28(15)16/h1-4,6-7,11,30-31H,5,8-9H2,(H,26,32). The molecule has 4 heterocycles. The summed E-state index contributed by atoms with van der Waals surface area (Å²) in [7, 11) is 0. The number of aromatic nitrogens is 7. The quantitative estimate of drug-likeness (QED) is 0.393. The van der Waals surface area contributed by atoms with Gasteiger partial charge < -0.3 is 15.5 Å². The number of halogens is 2. The van der Waals surface area contributed by atoms with E-state index in [1.165, 1.54) is 27.9 Å². The molecule has 0 saturated heterocycles. The molecule has 13 heteroatoms. The van der Waals surface area contributed by atoms with Gasteiger partial charge in [-0.25, -0.2) is 14.5 Å². The maximum absolute atomic E-state index is 13.2. The molecular weight excluding hydrogens is 459 g/mol. The van der Waals surface area contributed by atoms with Gasteiger partial charge in [0.2, 0.25) is 5.91 Å². The van der Waals surface area contributed by atoms with Crippen molar-refractivity contribution in [3.63, 3.8) is 0 Å². The van der Waals surface area contributed by atoms with Crippen LogP contribution < -0.4 is 5.32 Å². The van der Waals surface area contributed by atoms with Gasteiger partial charge in [0.1, 0.15) is 0 Å². The predicted molar refractivity (Wildman–Crippen MR) is 114 cm³/mol. The summed E-state index contributed by atoms with van der Waals surface area (Å²) in [5.74, 6) is -0.740. The molecule has 11 nitrogen and oxygen atoms in total. The van der Waals surface area contributed by atoms with Gasteiger partial charge in [0.25, 0.3) is 0 Å². The maximum atomic E-state index is 13.2. The summed E-state index contributed by atoms with van der Waals surface area (Å²) < 4.78 is 1.47. The number of nitrogens with one attached hydrogen (secondary N) is 1. The number of aliphatic hydroxyl groups is 2. The zero-order valence-corrected chi connectivity index (χ0v) is 17.9. The van der Waals surface area contributed by atoms with Gasteiger partial charge in [-0.05, 0) is 12.5 Å². The van der Waals surface area contributed by atoms with Gasteiger partial charge in [-0.3, -0.25) is 4.79 Å². The zero-order valence-electron chi connectivity index (χ0n) is 16.4. The summed E-state index contributed by atoms with van der Waals surface area (Å²) in [6.45, 7) is -0.758. The second-order valence-corrected chi connectivity index (χ2v) is 8.28. The first-order valence-corrected chi connectivity index (χ1v) is 10.3. The normalized spacial score (nSPS) is 16.9. The number of pyridine rings is 1. The fraction of sp³-hybridized carbons (Fsp3) is 0.263. The monoisotopic (exact) mass is 474 g/mol. The Morgan fingerprint density at radius 3 is 2.59 bits per heavy atom. The summed E-state index contributed by atoms with van der Waals surface area (Å²) in [5.41, 5.74) is 0.809. The summed E-state index contributed by atoms with van der Waals surface area (Å²) in [5, 5.41) is 35.8. The SMILES string of the molecule is O=C(Nc1cnc(-n2nccn2)c(Cl)c1)C1CC(CO)(CO)c2c1cnc1cc(Cl)nn21. The first-order valence-electron chi connectivity index (χ1n) is 9.55. The molecule has 5 rings (SSSR count). The smallest absolute Gasteiger partial charge is 0.232 e. The molecular formula is C19H16Cl2N8O3. The Hall–Kier alpha value is -3.12. The molecule has 4 aromatic rings. The number of anilines is 1. The number of rotatable bonds is 5. The Kier molecular flexibility index (Phi) is 5.05. The van der Waals surface area contributed by atoms with Crippen LogP contribution >= 0.6 is 23.2 Å². The third kappa shape index (κ3) is 3.21. The first kappa shape index (κ1) is 20.8. The van der Waals surface area contributed by atoms with E-state index < -0.39 is 11.3 Å². The maximum Gasteiger partial charge on any atom is 0.232 e. The van der Waals surface area contributed by atoms with E-state index in [2.05, 4.69) is 30.6 Å². The Labute approximate surface area is 190 Å². The molecule has 164 valence electrons. The number of fused-ring (bicyclic) bond motifs is 3. The third-order valence-corrected chi connectivity index (χ3v) is 6.04. The van der Waals surface area contributed by atoms with Crippen molar-refractivity contribution in [2.45, 2.75) is 17.8 Å². The van der Waals surface area contributed by atoms with E-state index in [0.717, 1.165) is 0 Å². The van der Waals surface area contributed by atoms with Crippen LogP contribution in [-0.2, 0) is 10.2 Å². The number of carbonyl (C=O) groups is 1. The Morgan fingerprint density at radius 1 is 1.16 bits per heavy atom. The average molecular weight is 475 g/mol. The van der Waals surface area contributed by atoms with E-state index in [0.29, 0.717) is 28.4 Å². The molecule has 4 aromatic heterocycles. The van der Waals surface area contributed by atoms with E-state index in [1.54, 1.807) is 18.3 Å². The molecule has 1 atom stereocenters. The molecule has 0 bridgehead atoms. The number of nitrogens with zero attached hydrogens (tertiary/aromatic N) is 7. The van der Waals surface area contributed by atoms with Crippen LogP contribution in [0.1, 0.15) is 23.6 Å². The molecule has 0 aliphatic heterocycles. The van der Waals surface area contributed by atoms with Gasteiger partial charge in [0.15, 0.2) is 16.6 Å². The number of amides is 1. The van der Waals surface area contributed by atoms with Crippen molar-refractivity contribution < 1.29 is 15.0 Å². The van der Waals surface area contributed by atoms with Gasteiger partial charge >= 0.3 is 0 Å². The van der Waals surface area contributed by atoms with Crippen LogP contribution in [0.25, 0.3) is 11.5 Å². The fourth-order valence-electron chi connectivity index (χ4n) is 4.07. The highest BCUT2D eigenvalue weighted by atomic mass is 35.5. The highest BCUT2D eigenvalue weighted by Crippen LogP contribution is 2.46. The van der Waals surface area contributed by atoms with E-state index in [-0.39, 0.29) is 35.7 Å². The number of hydrogen-bond acceptors (Lipinski definition) is 8. The van der Waals surface area contributed by atoms with Crippen molar-refractivity contribution in [1.29, 1.82) is 0 Å². The minimum atomic E-state index is -1.08. The largest absolute Gasteiger partial charge is 0.395 e. The Morgan fingerprint density at radius 2 is 1.91 bits per heavy atom. The molecule has 0 spiro atoms. The molecule has 32 heavy (non-hydrogen) atoms. The lowest BCUT2D eigenvalue weighted by atomic mass is 9.85. The Bertz CT molecular complexity index is 1320. The van der Waals surface area contributed by atoms with Crippen molar-refractivity contribution in [3.8, 4) is 5.82 Å². The molecule has 0 radical (unpaired) electrons. The minimum absolute atomic E-state index is 0.163. The molecule has 1 amide bonds. The molecule has 0 fully saturated rings. The zero-order chi connectivity index (χ0) is 22.5. The van der Waals surface area contributed by atoms with Gasteiger partial charge in [0.05, 0.1) is 59.5 Å². The van der Waals surface area contributed by atoms with E-state index in [1.807, 2.05) is 0 Å². The lowest BCUT2D eigenvalue weighted by Gasteiger charge is -2.25. The molecule has 1 aliphatic rings. The van der Waals surface area contributed by atoms with Crippen molar-refractivity contribution in [1.82, 2.24) is 34.6 Å². The highest BCUT2D eigenvalue weighted by molar-refractivity contribution is 6.32. The number of carbonyl (C=O) groups excluding carboxylic acids is 1. The number of aliphatic hydroxyl groups excluding tert-OH is 2. The molecule has 0 aromatic carbocycles. The van der Waals surface area contributed by atoms with Crippen molar-refractivity contribution >= 4 is 40.4 Å². The van der Waals surface area contributed by atoms with Gasteiger partial charge in [0, 0.05) is 17.8 Å². The lowest BCUT2D eigenvalue weighted by Crippen LogP contribution is -2.35. The van der Waals surface area contributed by atoms with Crippen LogP contribution in [0.2, 0.25) is 10.2 Å². The van der Waals surface area contributed by atoms with Crippen molar-refractivity contribution in [2.24, 2.45) is 0 Å². The predicted octanol–water partition coefficient (Wildman–Crippen LogP) is 1.36. The first-order chi connectivity index (χ1) is 15.5. The van der Waals surface area contributed by atoms with Crippen LogP contribution in [0.3, 0.4) is 0 Å². The number of hydrogen-bond donors (Lipinski definition) is 3.